The predicted molar refractivity (Wildman–Crippen MR) is 67.4 cm³/mol. The highest BCUT2D eigenvalue weighted by molar-refractivity contribution is 5.76. The van der Waals surface area contributed by atoms with Crippen LogP contribution >= 0.6 is 0 Å². The van der Waals surface area contributed by atoms with Crippen LogP contribution in [0.25, 0.3) is 0 Å². The first-order chi connectivity index (χ1) is 8.61. The number of hydrogen-bond donors (Lipinski definition) is 2. The van der Waals surface area contributed by atoms with Crippen molar-refractivity contribution >= 4 is 5.91 Å². The fourth-order valence-corrected chi connectivity index (χ4v) is 2.29. The summed E-state index contributed by atoms with van der Waals surface area (Å²) in [5.41, 5.74) is 2.05. The molecule has 1 atom stereocenters. The van der Waals surface area contributed by atoms with E-state index in [2.05, 4.69) is 15.7 Å². The van der Waals surface area contributed by atoms with Gasteiger partial charge in [-0.2, -0.15) is 5.10 Å². The molecule has 0 saturated carbocycles. The van der Waals surface area contributed by atoms with Crippen LogP contribution in [0.2, 0.25) is 0 Å². The highest BCUT2D eigenvalue weighted by Crippen LogP contribution is 2.20. The first kappa shape index (κ1) is 12.9. The lowest BCUT2D eigenvalue weighted by atomic mass is 10.1. The van der Waals surface area contributed by atoms with Gasteiger partial charge in [0.25, 0.3) is 0 Å². The third-order valence-corrected chi connectivity index (χ3v) is 3.32. The molecule has 6 heteroatoms. The summed E-state index contributed by atoms with van der Waals surface area (Å²) in [5.74, 6) is 0.933. The lowest BCUT2D eigenvalue weighted by Gasteiger charge is -2.23. The monoisotopic (exact) mass is 252 g/mol. The zero-order valence-corrected chi connectivity index (χ0v) is 11.1. The van der Waals surface area contributed by atoms with Crippen molar-refractivity contribution in [3.63, 3.8) is 0 Å². The molecule has 0 aliphatic carbocycles. The summed E-state index contributed by atoms with van der Waals surface area (Å²) in [5, 5.41) is 10.6. The molecular formula is C12H20N4O2. The Morgan fingerprint density at radius 3 is 3.00 bits per heavy atom. The molecule has 1 aromatic heterocycles. The van der Waals surface area contributed by atoms with Gasteiger partial charge in [0.2, 0.25) is 11.8 Å². The molecule has 18 heavy (non-hydrogen) atoms. The van der Waals surface area contributed by atoms with Crippen LogP contribution in [-0.4, -0.2) is 35.4 Å². The Morgan fingerprint density at radius 1 is 1.61 bits per heavy atom. The van der Waals surface area contributed by atoms with Crippen molar-refractivity contribution in [2.45, 2.75) is 32.4 Å². The van der Waals surface area contributed by atoms with E-state index in [1.807, 2.05) is 14.0 Å². The highest BCUT2D eigenvalue weighted by atomic mass is 16.5. The van der Waals surface area contributed by atoms with Crippen LogP contribution in [0.1, 0.15) is 24.1 Å². The number of aromatic nitrogens is 2. The Hall–Kier alpha value is -1.56. The Labute approximate surface area is 107 Å². The number of ether oxygens (including phenoxy) is 1. The van der Waals surface area contributed by atoms with E-state index in [4.69, 9.17) is 4.74 Å². The summed E-state index contributed by atoms with van der Waals surface area (Å²) in [4.78, 5) is 11.1. The number of carbonyl (C=O) groups excluding carboxylic acids is 1. The van der Waals surface area contributed by atoms with Crippen LogP contribution in [-0.2, 0) is 18.4 Å². The highest BCUT2D eigenvalue weighted by Gasteiger charge is 2.19. The molecule has 2 heterocycles. The molecule has 6 nitrogen and oxygen atoms in total. The van der Waals surface area contributed by atoms with E-state index in [0.29, 0.717) is 25.6 Å². The number of nitrogens with zero attached hydrogens (tertiary/aromatic N) is 2. The zero-order chi connectivity index (χ0) is 13.1. The fourth-order valence-electron chi connectivity index (χ4n) is 2.29. The summed E-state index contributed by atoms with van der Waals surface area (Å²) in [6, 6.07) is 0.326. The van der Waals surface area contributed by atoms with Crippen molar-refractivity contribution < 1.29 is 9.53 Å². The number of piperidine rings is 1. The minimum Gasteiger partial charge on any atom is -0.481 e. The van der Waals surface area contributed by atoms with Gasteiger partial charge in [-0.05, 0) is 13.3 Å². The summed E-state index contributed by atoms with van der Waals surface area (Å²) in [7, 11) is 3.52. The predicted octanol–water partition coefficient (Wildman–Crippen LogP) is 0.105. The molecule has 0 spiro atoms. The van der Waals surface area contributed by atoms with Crippen molar-refractivity contribution in [1.29, 1.82) is 0 Å². The maximum atomic E-state index is 11.1. The third-order valence-electron chi connectivity index (χ3n) is 3.32. The Morgan fingerprint density at radius 2 is 2.39 bits per heavy atom. The standard InChI is InChI=1S/C12H20N4O2/c1-8-10(12(18-3)16(2)15-8)7-13-9-4-5-11(17)14-6-9/h9,13H,4-7H2,1-3H3,(H,14,17). The van der Waals surface area contributed by atoms with Crippen molar-refractivity contribution in [1.82, 2.24) is 20.4 Å². The average Bonchev–Trinajstić information content (AvgIpc) is 2.62. The zero-order valence-electron chi connectivity index (χ0n) is 11.1. The van der Waals surface area contributed by atoms with Crippen molar-refractivity contribution in [2.24, 2.45) is 7.05 Å². The maximum Gasteiger partial charge on any atom is 0.220 e. The van der Waals surface area contributed by atoms with Crippen LogP contribution in [0.3, 0.4) is 0 Å². The largest absolute Gasteiger partial charge is 0.481 e. The third kappa shape index (κ3) is 2.64. The van der Waals surface area contributed by atoms with Crippen molar-refractivity contribution in [2.75, 3.05) is 13.7 Å². The molecule has 1 fully saturated rings. The molecule has 0 bridgehead atoms. The number of methoxy groups -OCH3 is 1. The first-order valence-corrected chi connectivity index (χ1v) is 6.18. The van der Waals surface area contributed by atoms with E-state index in [-0.39, 0.29) is 5.91 Å². The van der Waals surface area contributed by atoms with Crippen molar-refractivity contribution in [3.8, 4) is 5.88 Å². The van der Waals surface area contributed by atoms with E-state index in [0.717, 1.165) is 23.6 Å². The van der Waals surface area contributed by atoms with Gasteiger partial charge in [-0.15, -0.1) is 0 Å². The Bertz CT molecular complexity index is 432. The number of nitrogens with one attached hydrogen (secondary N) is 2. The van der Waals surface area contributed by atoms with Gasteiger partial charge < -0.3 is 15.4 Å². The minimum atomic E-state index is 0.142. The van der Waals surface area contributed by atoms with Gasteiger partial charge in [-0.25, -0.2) is 4.68 Å². The first-order valence-electron chi connectivity index (χ1n) is 6.18. The Balaban J connectivity index is 1.95. The lowest BCUT2D eigenvalue weighted by molar-refractivity contribution is -0.122. The number of amides is 1. The second-order valence-corrected chi connectivity index (χ2v) is 4.62. The van der Waals surface area contributed by atoms with Crippen LogP contribution in [0.15, 0.2) is 0 Å². The van der Waals surface area contributed by atoms with Gasteiger partial charge in [-0.1, -0.05) is 0 Å². The van der Waals surface area contributed by atoms with Gasteiger partial charge in [0, 0.05) is 32.6 Å². The minimum absolute atomic E-state index is 0.142. The molecule has 1 aliphatic rings. The number of aryl methyl sites for hydroxylation is 2. The van der Waals surface area contributed by atoms with Crippen LogP contribution < -0.4 is 15.4 Å². The molecule has 1 amide bonds. The number of hydrogen-bond acceptors (Lipinski definition) is 4. The van der Waals surface area contributed by atoms with Gasteiger partial charge >= 0.3 is 0 Å². The van der Waals surface area contributed by atoms with Crippen LogP contribution in [0.5, 0.6) is 5.88 Å². The quantitative estimate of drug-likeness (QED) is 0.798. The SMILES string of the molecule is COc1c(CNC2CCC(=O)NC2)c(C)nn1C. The number of rotatable bonds is 4. The fraction of sp³-hybridized carbons (Fsp3) is 0.667. The van der Waals surface area contributed by atoms with Gasteiger partial charge in [0.1, 0.15) is 0 Å². The van der Waals surface area contributed by atoms with E-state index >= 15 is 0 Å². The maximum absolute atomic E-state index is 11.1. The van der Waals surface area contributed by atoms with E-state index in [9.17, 15) is 4.79 Å². The van der Waals surface area contributed by atoms with E-state index < -0.39 is 0 Å². The molecule has 2 rings (SSSR count). The summed E-state index contributed by atoms with van der Waals surface area (Å²) in [6.45, 7) is 3.38. The molecular weight excluding hydrogens is 232 g/mol. The van der Waals surface area contributed by atoms with E-state index in [1.165, 1.54) is 0 Å². The smallest absolute Gasteiger partial charge is 0.220 e. The Kier molecular flexibility index (Phi) is 3.86. The molecule has 1 aliphatic heterocycles. The van der Waals surface area contributed by atoms with Gasteiger partial charge in [0.15, 0.2) is 0 Å². The summed E-state index contributed by atoms with van der Waals surface area (Å²) in [6.07, 6.45) is 1.48. The second kappa shape index (κ2) is 5.39. The molecule has 1 unspecified atom stereocenters. The van der Waals surface area contributed by atoms with Crippen molar-refractivity contribution in [3.05, 3.63) is 11.3 Å². The second-order valence-electron chi connectivity index (χ2n) is 4.62. The topological polar surface area (TPSA) is 68.2 Å². The summed E-state index contributed by atoms with van der Waals surface area (Å²) >= 11 is 0. The van der Waals surface area contributed by atoms with Crippen LogP contribution in [0.4, 0.5) is 0 Å². The molecule has 0 radical (unpaired) electrons. The number of carbonyl (C=O) groups is 1. The molecule has 1 saturated heterocycles. The average molecular weight is 252 g/mol. The van der Waals surface area contributed by atoms with Crippen LogP contribution in [0, 0.1) is 6.92 Å². The normalized spacial score (nSPS) is 19.7. The lowest BCUT2D eigenvalue weighted by Crippen LogP contribution is -2.45. The molecule has 1 aromatic rings. The van der Waals surface area contributed by atoms with E-state index in [1.54, 1.807) is 11.8 Å². The molecule has 0 aromatic carbocycles. The van der Waals surface area contributed by atoms with Gasteiger partial charge in [0.05, 0.1) is 18.4 Å². The summed E-state index contributed by atoms with van der Waals surface area (Å²) < 4.78 is 7.09. The van der Waals surface area contributed by atoms with Gasteiger partial charge in [-0.3, -0.25) is 4.79 Å². The molecule has 2 N–H and O–H groups in total. The molecule has 100 valence electrons.